The van der Waals surface area contributed by atoms with Gasteiger partial charge in [0.25, 0.3) is 11.1 Å². The Hall–Kier alpha value is -2.77. The standard InChI is InChI=1S/C23H22ClNO5S/c1-15(2)13-30-21(26)12-25-22(27)20(31-23(25)28)11-17-4-3-5-19(10-17)29-14-16-6-8-18(24)9-7-16/h3-11,15H,12-14H2,1-2H3/b20-11+. The number of carbonyl (C=O) groups is 3. The third-order valence-electron chi connectivity index (χ3n) is 4.21. The van der Waals surface area contributed by atoms with Gasteiger partial charge in [0.2, 0.25) is 0 Å². The summed E-state index contributed by atoms with van der Waals surface area (Å²) in [5, 5.41) is 0.167. The highest BCUT2D eigenvalue weighted by atomic mass is 35.5. The number of halogens is 1. The molecule has 31 heavy (non-hydrogen) atoms. The summed E-state index contributed by atoms with van der Waals surface area (Å²) in [6, 6.07) is 14.6. The van der Waals surface area contributed by atoms with Crippen LogP contribution in [0.25, 0.3) is 6.08 Å². The Morgan fingerprint density at radius 3 is 2.61 bits per heavy atom. The van der Waals surface area contributed by atoms with Gasteiger partial charge in [0.05, 0.1) is 11.5 Å². The molecule has 0 bridgehead atoms. The van der Waals surface area contributed by atoms with Gasteiger partial charge in [0.1, 0.15) is 18.9 Å². The smallest absolute Gasteiger partial charge is 0.326 e. The molecule has 1 fully saturated rings. The highest BCUT2D eigenvalue weighted by molar-refractivity contribution is 8.18. The molecule has 0 saturated carbocycles. The SMILES string of the molecule is CC(C)COC(=O)CN1C(=O)S/C(=C/c2cccc(OCc3ccc(Cl)cc3)c2)C1=O. The van der Waals surface area contributed by atoms with Crippen LogP contribution in [0.5, 0.6) is 5.75 Å². The van der Waals surface area contributed by atoms with Crippen LogP contribution in [0.3, 0.4) is 0 Å². The monoisotopic (exact) mass is 459 g/mol. The van der Waals surface area contributed by atoms with E-state index < -0.39 is 17.1 Å². The molecular formula is C23H22ClNO5S. The maximum absolute atomic E-state index is 12.6. The summed E-state index contributed by atoms with van der Waals surface area (Å²) >= 11 is 6.69. The first-order valence-electron chi connectivity index (χ1n) is 9.70. The summed E-state index contributed by atoms with van der Waals surface area (Å²) in [4.78, 5) is 37.8. The van der Waals surface area contributed by atoms with Crippen molar-refractivity contribution in [2.75, 3.05) is 13.2 Å². The number of carbonyl (C=O) groups excluding carboxylic acids is 3. The van der Waals surface area contributed by atoms with Crippen molar-refractivity contribution in [1.82, 2.24) is 4.90 Å². The Morgan fingerprint density at radius 1 is 1.16 bits per heavy atom. The van der Waals surface area contributed by atoms with E-state index in [0.29, 0.717) is 22.9 Å². The van der Waals surface area contributed by atoms with Gasteiger partial charge in [-0.15, -0.1) is 0 Å². The van der Waals surface area contributed by atoms with E-state index in [1.54, 1.807) is 36.4 Å². The molecule has 2 amide bonds. The molecule has 1 aliphatic rings. The van der Waals surface area contributed by atoms with Crippen LogP contribution in [-0.2, 0) is 20.9 Å². The molecule has 8 heteroatoms. The van der Waals surface area contributed by atoms with Gasteiger partial charge in [-0.05, 0) is 59.1 Å². The van der Waals surface area contributed by atoms with Crippen molar-refractivity contribution in [3.63, 3.8) is 0 Å². The number of esters is 1. The average Bonchev–Trinajstić information content (AvgIpc) is 2.99. The number of benzene rings is 2. The fourth-order valence-electron chi connectivity index (χ4n) is 2.66. The molecule has 6 nitrogen and oxygen atoms in total. The van der Waals surface area contributed by atoms with Gasteiger partial charge in [0.15, 0.2) is 0 Å². The van der Waals surface area contributed by atoms with Crippen LogP contribution in [0.4, 0.5) is 4.79 Å². The number of nitrogens with zero attached hydrogens (tertiary/aromatic N) is 1. The van der Waals surface area contributed by atoms with Crippen molar-refractivity contribution < 1.29 is 23.9 Å². The molecular weight excluding hydrogens is 438 g/mol. The van der Waals surface area contributed by atoms with Crippen LogP contribution >= 0.6 is 23.4 Å². The summed E-state index contributed by atoms with van der Waals surface area (Å²) in [7, 11) is 0. The fraction of sp³-hybridized carbons (Fsp3) is 0.261. The second-order valence-electron chi connectivity index (χ2n) is 7.33. The number of amides is 2. The Morgan fingerprint density at radius 2 is 1.90 bits per heavy atom. The van der Waals surface area contributed by atoms with Gasteiger partial charge >= 0.3 is 5.97 Å². The zero-order valence-corrected chi connectivity index (χ0v) is 18.7. The van der Waals surface area contributed by atoms with Crippen molar-refractivity contribution in [3.8, 4) is 5.75 Å². The Balaban J connectivity index is 1.64. The molecule has 0 aromatic heterocycles. The van der Waals surface area contributed by atoms with E-state index >= 15 is 0 Å². The van der Waals surface area contributed by atoms with E-state index in [-0.39, 0.29) is 24.0 Å². The van der Waals surface area contributed by atoms with Crippen molar-refractivity contribution in [2.24, 2.45) is 5.92 Å². The zero-order chi connectivity index (χ0) is 22.4. The topological polar surface area (TPSA) is 72.9 Å². The van der Waals surface area contributed by atoms with Crippen molar-refractivity contribution in [3.05, 3.63) is 69.6 Å². The van der Waals surface area contributed by atoms with Gasteiger partial charge in [0, 0.05) is 5.02 Å². The lowest BCUT2D eigenvalue weighted by Crippen LogP contribution is -2.34. The fourth-order valence-corrected chi connectivity index (χ4v) is 3.63. The third-order valence-corrected chi connectivity index (χ3v) is 5.37. The third kappa shape index (κ3) is 6.60. The van der Waals surface area contributed by atoms with Crippen LogP contribution in [-0.4, -0.2) is 35.2 Å². The Kier molecular flexibility index (Phi) is 7.76. The normalized spacial score (nSPS) is 15.1. The number of hydrogen-bond donors (Lipinski definition) is 0. The van der Waals surface area contributed by atoms with Crippen LogP contribution in [0, 0.1) is 5.92 Å². The first-order valence-corrected chi connectivity index (χ1v) is 10.9. The van der Waals surface area contributed by atoms with Crippen LogP contribution in [0.1, 0.15) is 25.0 Å². The maximum Gasteiger partial charge on any atom is 0.326 e. The molecule has 0 spiro atoms. The summed E-state index contributed by atoms with van der Waals surface area (Å²) in [5.74, 6) is -0.313. The molecule has 1 aliphatic heterocycles. The Bertz CT molecular complexity index is 1000. The molecule has 3 rings (SSSR count). The van der Waals surface area contributed by atoms with Crippen LogP contribution in [0.2, 0.25) is 5.02 Å². The molecule has 0 unspecified atom stereocenters. The molecule has 0 radical (unpaired) electrons. The minimum atomic E-state index is -0.602. The van der Waals surface area contributed by atoms with Crippen LogP contribution < -0.4 is 4.74 Å². The van der Waals surface area contributed by atoms with Crippen molar-refractivity contribution in [1.29, 1.82) is 0 Å². The van der Waals surface area contributed by atoms with Crippen molar-refractivity contribution >= 4 is 46.6 Å². The van der Waals surface area contributed by atoms with Gasteiger partial charge in [-0.1, -0.05) is 49.7 Å². The minimum Gasteiger partial charge on any atom is -0.489 e. The molecule has 0 atom stereocenters. The van der Waals surface area contributed by atoms with E-state index in [9.17, 15) is 14.4 Å². The zero-order valence-electron chi connectivity index (χ0n) is 17.2. The lowest BCUT2D eigenvalue weighted by molar-refractivity contribution is -0.147. The maximum atomic E-state index is 12.6. The van der Waals surface area contributed by atoms with Gasteiger partial charge in [-0.2, -0.15) is 0 Å². The van der Waals surface area contributed by atoms with E-state index in [1.807, 2.05) is 32.0 Å². The molecule has 162 valence electrons. The lowest BCUT2D eigenvalue weighted by atomic mass is 10.2. The molecule has 0 N–H and O–H groups in total. The summed E-state index contributed by atoms with van der Waals surface area (Å²) in [6.07, 6.45) is 1.61. The summed E-state index contributed by atoms with van der Waals surface area (Å²) in [6.45, 7) is 4.04. The van der Waals surface area contributed by atoms with Gasteiger partial charge < -0.3 is 9.47 Å². The Labute approximate surface area is 190 Å². The quantitative estimate of drug-likeness (QED) is 0.401. The highest BCUT2D eigenvalue weighted by Gasteiger charge is 2.36. The highest BCUT2D eigenvalue weighted by Crippen LogP contribution is 2.32. The van der Waals surface area contributed by atoms with Gasteiger partial charge in [-0.25, -0.2) is 0 Å². The number of ether oxygens (including phenoxy) is 2. The van der Waals surface area contributed by atoms with Crippen LogP contribution in [0.15, 0.2) is 53.4 Å². The van der Waals surface area contributed by atoms with E-state index in [2.05, 4.69) is 0 Å². The molecule has 0 aliphatic carbocycles. The summed E-state index contributed by atoms with van der Waals surface area (Å²) in [5.41, 5.74) is 1.68. The second kappa shape index (κ2) is 10.5. The van der Waals surface area contributed by atoms with Gasteiger partial charge in [-0.3, -0.25) is 19.3 Å². The first-order chi connectivity index (χ1) is 14.8. The predicted molar refractivity (Wildman–Crippen MR) is 121 cm³/mol. The predicted octanol–water partition coefficient (Wildman–Crippen LogP) is 5.15. The lowest BCUT2D eigenvalue weighted by Gasteiger charge is -2.12. The second-order valence-corrected chi connectivity index (χ2v) is 8.76. The molecule has 2 aromatic carbocycles. The van der Waals surface area contributed by atoms with E-state index in [0.717, 1.165) is 22.2 Å². The van der Waals surface area contributed by atoms with E-state index in [1.165, 1.54) is 0 Å². The number of hydrogen-bond acceptors (Lipinski definition) is 6. The molecule has 2 aromatic rings. The largest absolute Gasteiger partial charge is 0.489 e. The summed E-state index contributed by atoms with van der Waals surface area (Å²) < 4.78 is 10.9. The van der Waals surface area contributed by atoms with E-state index in [4.69, 9.17) is 21.1 Å². The van der Waals surface area contributed by atoms with Crippen molar-refractivity contribution in [2.45, 2.75) is 20.5 Å². The first kappa shape index (κ1) is 22.9. The minimum absolute atomic E-state index is 0.174. The average molecular weight is 460 g/mol. The molecule has 1 saturated heterocycles. The number of thioether (sulfide) groups is 1. The molecule has 1 heterocycles. The number of imide groups is 1. The number of rotatable bonds is 8.